The zero-order chi connectivity index (χ0) is 25.5. The molecule has 1 aliphatic heterocycles. The third-order valence-corrected chi connectivity index (χ3v) is 6.53. The molecule has 6 rings (SSSR count). The predicted octanol–water partition coefficient (Wildman–Crippen LogP) is 1.13. The number of hydrogen-bond donors (Lipinski definition) is 1. The van der Waals surface area contributed by atoms with E-state index in [0.29, 0.717) is 17.3 Å². The van der Waals surface area contributed by atoms with Crippen molar-refractivity contribution in [1.82, 2.24) is 34.5 Å². The Hall–Kier alpha value is -2.92. The fourth-order valence-corrected chi connectivity index (χ4v) is 4.56. The molecule has 2 fully saturated rings. The van der Waals surface area contributed by atoms with E-state index in [2.05, 4.69) is 36.7 Å². The van der Waals surface area contributed by atoms with Crippen LogP contribution in [0.15, 0.2) is 60.0 Å². The first-order valence-electron chi connectivity index (χ1n) is 12.8. The molecule has 4 aromatic rings. The molecule has 10 nitrogen and oxygen atoms in total. The summed E-state index contributed by atoms with van der Waals surface area (Å²) in [4.78, 5) is 26.8. The first-order valence-corrected chi connectivity index (χ1v) is 12.8. The second kappa shape index (κ2) is 13.7. The molecule has 0 aromatic carbocycles. The Labute approximate surface area is 244 Å². The summed E-state index contributed by atoms with van der Waals surface area (Å²) in [6.07, 6.45) is 18.7. The number of aryl methyl sites for hydroxylation is 1. The first-order chi connectivity index (χ1) is 18.2. The normalized spacial score (nSPS) is 17.2. The van der Waals surface area contributed by atoms with E-state index in [-0.39, 0.29) is 41.3 Å². The van der Waals surface area contributed by atoms with Crippen LogP contribution < -0.4 is 40.4 Å². The molecular weight excluding hydrogens is 491 g/mol. The van der Waals surface area contributed by atoms with Crippen molar-refractivity contribution in [2.24, 2.45) is 0 Å². The predicted molar refractivity (Wildman–Crippen MR) is 139 cm³/mol. The number of pyridine rings is 2. The quantitative estimate of drug-likeness (QED) is 0.307. The van der Waals surface area contributed by atoms with Crippen LogP contribution in [0.5, 0.6) is 0 Å². The fourth-order valence-electron chi connectivity index (χ4n) is 4.56. The topological polar surface area (TPSA) is 113 Å². The molecular formula is C27H31N8NaO2. The molecule has 1 saturated carbocycles. The van der Waals surface area contributed by atoms with Crippen molar-refractivity contribution >= 4 is 5.82 Å². The van der Waals surface area contributed by atoms with Gasteiger partial charge in [-0.2, -0.15) is 15.0 Å². The SMILES string of the molecule is Cc1cn[c-]cn1.O=c1c(-c2cnn(C3CCCCO3)n2)cccn1-c1ccc(NC2CCCC2)nc1.[Na+]. The van der Waals surface area contributed by atoms with Crippen molar-refractivity contribution < 1.29 is 34.3 Å². The summed E-state index contributed by atoms with van der Waals surface area (Å²) < 4.78 is 7.33. The van der Waals surface area contributed by atoms with Gasteiger partial charge in [-0.05, 0) is 75.2 Å². The van der Waals surface area contributed by atoms with E-state index in [1.54, 1.807) is 46.4 Å². The molecule has 38 heavy (non-hydrogen) atoms. The number of anilines is 1. The third kappa shape index (κ3) is 7.13. The van der Waals surface area contributed by atoms with E-state index in [9.17, 15) is 4.79 Å². The smallest absolute Gasteiger partial charge is 0.456 e. The van der Waals surface area contributed by atoms with Crippen LogP contribution in [0.1, 0.15) is 56.9 Å². The minimum Gasteiger partial charge on any atom is -0.456 e. The Morgan fingerprint density at radius 1 is 1.03 bits per heavy atom. The van der Waals surface area contributed by atoms with Gasteiger partial charge < -0.3 is 15.0 Å². The minimum absolute atomic E-state index is 0. The molecule has 0 bridgehead atoms. The van der Waals surface area contributed by atoms with E-state index in [1.165, 1.54) is 25.7 Å². The minimum atomic E-state index is -0.150. The Bertz CT molecular complexity index is 1330. The van der Waals surface area contributed by atoms with Crippen LogP contribution in [-0.4, -0.2) is 47.2 Å². The number of nitrogens with one attached hydrogen (secondary N) is 1. The average Bonchev–Trinajstić information content (AvgIpc) is 3.64. The van der Waals surface area contributed by atoms with Gasteiger partial charge in [0.2, 0.25) is 0 Å². The van der Waals surface area contributed by atoms with Crippen LogP contribution in [0.3, 0.4) is 0 Å². The summed E-state index contributed by atoms with van der Waals surface area (Å²) in [5.74, 6) is 0.852. The van der Waals surface area contributed by atoms with Gasteiger partial charge in [0, 0.05) is 18.8 Å². The van der Waals surface area contributed by atoms with Crippen molar-refractivity contribution in [2.75, 3.05) is 11.9 Å². The molecule has 0 spiro atoms. The summed E-state index contributed by atoms with van der Waals surface area (Å²) in [6.45, 7) is 2.61. The molecule has 192 valence electrons. The van der Waals surface area contributed by atoms with Crippen LogP contribution in [0, 0.1) is 13.1 Å². The van der Waals surface area contributed by atoms with Crippen LogP contribution in [-0.2, 0) is 4.74 Å². The molecule has 1 N–H and O–H groups in total. The van der Waals surface area contributed by atoms with E-state index < -0.39 is 0 Å². The van der Waals surface area contributed by atoms with Crippen LogP contribution >= 0.6 is 0 Å². The van der Waals surface area contributed by atoms with Gasteiger partial charge in [0.15, 0.2) is 6.23 Å². The number of nitrogens with zero attached hydrogens (tertiary/aromatic N) is 7. The van der Waals surface area contributed by atoms with Gasteiger partial charge in [-0.1, -0.05) is 12.8 Å². The molecule has 1 unspecified atom stereocenters. The second-order valence-corrected chi connectivity index (χ2v) is 9.28. The fraction of sp³-hybridized carbons (Fsp3) is 0.407. The molecule has 4 aromatic heterocycles. The van der Waals surface area contributed by atoms with E-state index in [4.69, 9.17) is 4.74 Å². The molecule has 2 aliphatic rings. The van der Waals surface area contributed by atoms with Crippen LogP contribution in [0.2, 0.25) is 0 Å². The van der Waals surface area contributed by atoms with Gasteiger partial charge in [-0.15, -0.1) is 12.4 Å². The van der Waals surface area contributed by atoms with Crippen LogP contribution in [0.4, 0.5) is 5.82 Å². The van der Waals surface area contributed by atoms with Crippen LogP contribution in [0.25, 0.3) is 16.9 Å². The maximum Gasteiger partial charge on any atom is 1.00 e. The molecule has 5 heterocycles. The van der Waals surface area contributed by atoms with E-state index in [1.807, 2.05) is 25.1 Å². The van der Waals surface area contributed by atoms with Crippen molar-refractivity contribution in [1.29, 1.82) is 0 Å². The summed E-state index contributed by atoms with van der Waals surface area (Å²) in [7, 11) is 0. The van der Waals surface area contributed by atoms with Gasteiger partial charge >= 0.3 is 29.6 Å². The Balaban J connectivity index is 0.000000367. The third-order valence-electron chi connectivity index (χ3n) is 6.53. The van der Waals surface area contributed by atoms with Crippen molar-refractivity contribution in [3.8, 4) is 16.9 Å². The van der Waals surface area contributed by atoms with Crippen molar-refractivity contribution in [3.05, 3.63) is 77.5 Å². The van der Waals surface area contributed by atoms with Gasteiger partial charge in [-0.25, -0.2) is 4.98 Å². The molecule has 0 radical (unpaired) electrons. The monoisotopic (exact) mass is 522 g/mol. The molecule has 1 atom stereocenters. The van der Waals surface area contributed by atoms with Gasteiger partial charge in [0.05, 0.1) is 23.6 Å². The van der Waals surface area contributed by atoms with Crippen molar-refractivity contribution in [3.63, 3.8) is 0 Å². The van der Waals surface area contributed by atoms with Gasteiger partial charge in [0.25, 0.3) is 5.56 Å². The first kappa shape index (κ1) is 28.1. The average molecular weight is 523 g/mol. The second-order valence-electron chi connectivity index (χ2n) is 9.28. The zero-order valence-corrected chi connectivity index (χ0v) is 24.0. The van der Waals surface area contributed by atoms with E-state index in [0.717, 1.165) is 43.1 Å². The van der Waals surface area contributed by atoms with Gasteiger partial charge in [-0.3, -0.25) is 14.3 Å². The number of rotatable bonds is 5. The summed E-state index contributed by atoms with van der Waals surface area (Å²) in [6, 6.07) is 7.98. The number of hydrogen-bond acceptors (Lipinski definition) is 8. The summed E-state index contributed by atoms with van der Waals surface area (Å²) in [5.41, 5.74) is 2.57. The van der Waals surface area contributed by atoms with E-state index >= 15 is 0 Å². The standard InChI is InChI=1S/C22H26N6O2.C5H5N2.Na/c29-22-18(19-15-24-28(26-19)21-9-3-4-13-30-21)8-5-12-27(22)17-10-11-20(23-14-17)25-16-6-1-2-7-16;1-5-4-6-2-3-7-5;/h5,8,10-12,14-16,21H,1-4,6-7,9,13H2,(H,23,25);3-4H,1H3;/q;-1;+1. The zero-order valence-electron chi connectivity index (χ0n) is 22.0. The Morgan fingerprint density at radius 2 is 1.87 bits per heavy atom. The maximum absolute atomic E-state index is 13.1. The Kier molecular flexibility index (Phi) is 10.2. The summed E-state index contributed by atoms with van der Waals surface area (Å²) in [5, 5.41) is 12.3. The summed E-state index contributed by atoms with van der Waals surface area (Å²) >= 11 is 0. The Morgan fingerprint density at radius 3 is 2.53 bits per heavy atom. The maximum atomic E-state index is 13.1. The van der Waals surface area contributed by atoms with Crippen molar-refractivity contribution in [2.45, 2.75) is 64.1 Å². The molecule has 1 aliphatic carbocycles. The molecule has 0 amide bonds. The molecule has 11 heteroatoms. The largest absolute Gasteiger partial charge is 1.00 e. The van der Waals surface area contributed by atoms with Gasteiger partial charge in [0.1, 0.15) is 11.5 Å². The molecule has 1 saturated heterocycles. The number of ether oxygens (including phenoxy) is 1. The number of aromatic nitrogens is 7.